The molecule has 4 rings (SSSR count). The third kappa shape index (κ3) is 7.25. The average molecular weight is 573 g/mol. The molecule has 1 aliphatic carbocycles. The number of nitrogens with one attached hydrogen (secondary N) is 1. The molecule has 0 radical (unpaired) electrons. The lowest BCUT2D eigenvalue weighted by molar-refractivity contribution is -0.167. The maximum absolute atomic E-state index is 13.6. The van der Waals surface area contributed by atoms with Crippen molar-refractivity contribution >= 4 is 17.5 Å². The van der Waals surface area contributed by atoms with E-state index in [0.717, 1.165) is 55.2 Å². The van der Waals surface area contributed by atoms with E-state index in [-0.39, 0.29) is 24.5 Å². The lowest BCUT2D eigenvalue weighted by Crippen LogP contribution is -2.55. The number of methoxy groups -OCH3 is 1. The fourth-order valence-corrected chi connectivity index (χ4v) is 6.58. The summed E-state index contributed by atoms with van der Waals surface area (Å²) >= 11 is 6.85. The lowest BCUT2D eigenvalue weighted by Gasteiger charge is -2.44. The second-order valence-electron chi connectivity index (χ2n) is 11.1. The van der Waals surface area contributed by atoms with Crippen molar-refractivity contribution in [2.24, 2.45) is 5.92 Å². The summed E-state index contributed by atoms with van der Waals surface area (Å²) in [4.78, 5) is 15.5. The lowest BCUT2D eigenvalue weighted by atomic mass is 9.78. The topological polar surface area (TPSA) is 91.3 Å². The molecule has 0 spiro atoms. The van der Waals surface area contributed by atoms with Crippen LogP contribution >= 0.6 is 11.6 Å². The van der Waals surface area contributed by atoms with Crippen LogP contribution < -0.4 is 5.32 Å². The van der Waals surface area contributed by atoms with Gasteiger partial charge in [-0.3, -0.25) is 4.79 Å². The van der Waals surface area contributed by atoms with Crippen molar-refractivity contribution in [2.75, 3.05) is 46.6 Å². The van der Waals surface area contributed by atoms with E-state index < -0.39 is 11.7 Å². The molecule has 1 heterocycles. The van der Waals surface area contributed by atoms with Crippen LogP contribution in [0.4, 0.5) is 0 Å². The van der Waals surface area contributed by atoms with Gasteiger partial charge in [-0.05, 0) is 67.7 Å². The third-order valence-corrected chi connectivity index (χ3v) is 8.81. The van der Waals surface area contributed by atoms with Crippen molar-refractivity contribution in [3.05, 3.63) is 58.6 Å². The van der Waals surface area contributed by atoms with Gasteiger partial charge in [0.1, 0.15) is 11.7 Å². The van der Waals surface area contributed by atoms with Gasteiger partial charge in [-0.15, -0.1) is 0 Å². The van der Waals surface area contributed by atoms with Gasteiger partial charge in [0.05, 0.1) is 19.8 Å². The first-order chi connectivity index (χ1) is 19.4. The molecule has 1 aliphatic heterocycles. The van der Waals surface area contributed by atoms with Crippen molar-refractivity contribution in [2.45, 2.75) is 69.6 Å². The van der Waals surface area contributed by atoms with Crippen LogP contribution in [0.5, 0.6) is 0 Å². The Bertz CT molecular complexity index is 1110. The summed E-state index contributed by atoms with van der Waals surface area (Å²) < 4.78 is 11.6. The molecule has 2 aromatic carbocycles. The number of benzene rings is 2. The van der Waals surface area contributed by atoms with E-state index in [9.17, 15) is 9.90 Å². The molecule has 7 nitrogen and oxygen atoms in total. The molecule has 2 fully saturated rings. The number of hydrogen-bond acceptors (Lipinski definition) is 6. The number of hydrogen-bond donors (Lipinski definition) is 3. The van der Waals surface area contributed by atoms with Gasteiger partial charge in [-0.2, -0.15) is 0 Å². The van der Waals surface area contributed by atoms with Crippen molar-refractivity contribution in [1.82, 2.24) is 10.2 Å². The zero-order valence-electron chi connectivity index (χ0n) is 23.9. The molecule has 1 amide bonds. The number of aliphatic hydroxyl groups excluding tert-OH is 1. The Morgan fingerprint density at radius 3 is 2.83 bits per heavy atom. The molecule has 1 saturated heterocycles. The van der Waals surface area contributed by atoms with Crippen molar-refractivity contribution in [3.63, 3.8) is 0 Å². The molecule has 0 aromatic heterocycles. The fourth-order valence-electron chi connectivity index (χ4n) is 6.29. The standard InChI is InChI=1S/C32H45ClN2O5/c1-3-23-8-6-9-24(20-23)30-27(10-7-11-28(30)33)32(38,14-4-5-18-39-2)29-22-35(16-19-40-29)31(37)25-12-13-26(21-25)34-15-17-36/h6-11,20,25-26,29,34,36,38H,3-5,12-19,21-22H2,1-2H3/t25-,26+,29-,32-/m1/s1. The van der Waals surface area contributed by atoms with Crippen LogP contribution in [0.1, 0.15) is 56.6 Å². The largest absolute Gasteiger partial charge is 0.395 e. The second-order valence-corrected chi connectivity index (χ2v) is 11.5. The van der Waals surface area contributed by atoms with E-state index in [4.69, 9.17) is 26.2 Å². The summed E-state index contributed by atoms with van der Waals surface area (Å²) in [5.41, 5.74) is 2.36. The van der Waals surface area contributed by atoms with Crippen LogP contribution in [0.3, 0.4) is 0 Å². The summed E-state index contributed by atoms with van der Waals surface area (Å²) in [5.74, 6) is 0.0774. The van der Waals surface area contributed by atoms with E-state index in [1.54, 1.807) is 7.11 Å². The van der Waals surface area contributed by atoms with Gasteiger partial charge >= 0.3 is 0 Å². The first kappa shape index (κ1) is 30.9. The van der Waals surface area contributed by atoms with Crippen LogP contribution in [0, 0.1) is 5.92 Å². The number of amides is 1. The molecule has 0 unspecified atom stereocenters. The van der Waals surface area contributed by atoms with E-state index in [1.165, 1.54) is 5.56 Å². The first-order valence-corrected chi connectivity index (χ1v) is 15.1. The highest BCUT2D eigenvalue weighted by atomic mass is 35.5. The van der Waals surface area contributed by atoms with E-state index in [1.807, 2.05) is 35.2 Å². The highest BCUT2D eigenvalue weighted by Gasteiger charge is 2.45. The number of rotatable bonds is 13. The SMILES string of the molecule is CCc1cccc(-c2c(Cl)cccc2[C@](O)(CCCCOC)[C@H]2CN(C(=O)[C@@H]3CC[C@H](NCCO)C3)CCO2)c1. The number of unbranched alkanes of at least 4 members (excludes halogenated alkanes) is 1. The van der Waals surface area contributed by atoms with E-state index >= 15 is 0 Å². The molecule has 8 heteroatoms. The molecule has 220 valence electrons. The Morgan fingerprint density at radius 2 is 2.05 bits per heavy atom. The number of aryl methyl sites for hydroxylation is 1. The van der Waals surface area contributed by atoms with Crippen molar-refractivity contribution in [1.29, 1.82) is 0 Å². The van der Waals surface area contributed by atoms with E-state index in [0.29, 0.717) is 44.3 Å². The molecule has 2 aromatic rings. The molecule has 1 saturated carbocycles. The van der Waals surface area contributed by atoms with Crippen LogP contribution in [0.15, 0.2) is 42.5 Å². The van der Waals surface area contributed by atoms with Gasteiger partial charge in [0.25, 0.3) is 0 Å². The van der Waals surface area contributed by atoms with Gasteiger partial charge in [0.2, 0.25) is 5.91 Å². The predicted molar refractivity (Wildman–Crippen MR) is 158 cm³/mol. The number of morpholine rings is 1. The van der Waals surface area contributed by atoms with Crippen LogP contribution in [-0.2, 0) is 26.3 Å². The quantitative estimate of drug-likeness (QED) is 0.305. The number of halogens is 1. The number of carbonyl (C=O) groups excluding carboxylic acids is 1. The predicted octanol–water partition coefficient (Wildman–Crippen LogP) is 4.55. The summed E-state index contributed by atoms with van der Waals surface area (Å²) in [6.45, 7) is 4.59. The van der Waals surface area contributed by atoms with Gasteiger partial charge in [-0.1, -0.05) is 54.9 Å². The minimum Gasteiger partial charge on any atom is -0.395 e. The van der Waals surface area contributed by atoms with Gasteiger partial charge in [0, 0.05) is 49.4 Å². The second kappa shape index (κ2) is 14.8. The Balaban J connectivity index is 1.63. The molecule has 3 N–H and O–H groups in total. The van der Waals surface area contributed by atoms with Crippen molar-refractivity contribution in [3.8, 4) is 11.1 Å². The maximum atomic E-state index is 13.6. The zero-order chi connectivity index (χ0) is 28.5. The normalized spacial score (nSPS) is 22.8. The summed E-state index contributed by atoms with van der Waals surface area (Å²) in [5, 5.41) is 25.7. The average Bonchev–Trinajstić information content (AvgIpc) is 3.46. The number of aliphatic hydroxyl groups is 2. The number of nitrogens with zero attached hydrogens (tertiary/aromatic N) is 1. The highest BCUT2D eigenvalue weighted by molar-refractivity contribution is 6.33. The highest BCUT2D eigenvalue weighted by Crippen LogP contribution is 2.43. The van der Waals surface area contributed by atoms with Gasteiger partial charge < -0.3 is 29.9 Å². The van der Waals surface area contributed by atoms with Crippen LogP contribution in [0.25, 0.3) is 11.1 Å². The molecule has 0 bridgehead atoms. The molecular weight excluding hydrogens is 528 g/mol. The minimum absolute atomic E-state index is 0.0525. The van der Waals surface area contributed by atoms with Crippen LogP contribution in [-0.4, -0.2) is 79.7 Å². The van der Waals surface area contributed by atoms with Crippen LogP contribution in [0.2, 0.25) is 5.02 Å². The van der Waals surface area contributed by atoms with Gasteiger partial charge in [0.15, 0.2) is 0 Å². The number of ether oxygens (including phenoxy) is 2. The first-order valence-electron chi connectivity index (χ1n) is 14.8. The Labute approximate surface area is 243 Å². The maximum Gasteiger partial charge on any atom is 0.225 e. The smallest absolute Gasteiger partial charge is 0.225 e. The Kier molecular flexibility index (Phi) is 11.4. The third-order valence-electron chi connectivity index (χ3n) is 8.50. The van der Waals surface area contributed by atoms with E-state index in [2.05, 4.69) is 24.4 Å². The molecule has 40 heavy (non-hydrogen) atoms. The molecular formula is C32H45ClN2O5. The Hall–Kier alpha value is -2.00. The zero-order valence-corrected chi connectivity index (χ0v) is 24.7. The molecule has 4 atom stereocenters. The minimum atomic E-state index is -1.35. The summed E-state index contributed by atoms with van der Waals surface area (Å²) in [6, 6.07) is 14.2. The number of carbonyl (C=O) groups is 1. The Morgan fingerprint density at radius 1 is 1.23 bits per heavy atom. The van der Waals surface area contributed by atoms with Crippen molar-refractivity contribution < 1.29 is 24.5 Å². The molecule has 2 aliphatic rings. The monoisotopic (exact) mass is 572 g/mol. The summed E-state index contributed by atoms with van der Waals surface area (Å²) in [6.07, 6.45) is 4.83. The fraction of sp³-hybridized carbons (Fsp3) is 0.594. The van der Waals surface area contributed by atoms with Gasteiger partial charge in [-0.25, -0.2) is 0 Å². The summed E-state index contributed by atoms with van der Waals surface area (Å²) in [7, 11) is 1.68.